The molecule has 5 heteroatoms. The molecule has 0 N–H and O–H groups in total. The number of unbranched alkanes of at least 4 members (excludes halogenated alkanes) is 1. The molecule has 27 heavy (non-hydrogen) atoms. The van der Waals surface area contributed by atoms with E-state index in [1.54, 1.807) is 12.1 Å². The molecule has 0 aliphatic carbocycles. The lowest BCUT2D eigenvalue weighted by Crippen LogP contribution is -2.33. The minimum atomic E-state index is -1.05. The van der Waals surface area contributed by atoms with Crippen LogP contribution in [0.4, 0.5) is 0 Å². The number of likely N-dealkylation sites (tertiary alicyclic amines) is 1. The molecule has 2 amide bonds. The number of benzene rings is 2. The zero-order chi connectivity index (χ0) is 19.2. The number of aryl methyl sites for hydroxylation is 1. The highest BCUT2D eigenvalue weighted by Gasteiger charge is 2.41. The molecular weight excluding hydrogens is 342 g/mol. The molecule has 0 aromatic heterocycles. The highest BCUT2D eigenvalue weighted by Crippen LogP contribution is 2.20. The SMILES string of the molecule is CCCCc1ccc(C(=O)O[C@@H]2CC(=O)N(Cc3ccccc3)C2=O)cc1. The fourth-order valence-electron chi connectivity index (χ4n) is 3.06. The van der Waals surface area contributed by atoms with Gasteiger partial charge < -0.3 is 4.74 Å². The molecule has 1 aliphatic heterocycles. The summed E-state index contributed by atoms with van der Waals surface area (Å²) in [7, 11) is 0. The van der Waals surface area contributed by atoms with Gasteiger partial charge in [0, 0.05) is 0 Å². The van der Waals surface area contributed by atoms with Crippen LogP contribution in [-0.2, 0) is 27.3 Å². The van der Waals surface area contributed by atoms with Crippen molar-refractivity contribution < 1.29 is 19.1 Å². The number of hydrogen-bond donors (Lipinski definition) is 0. The Morgan fingerprint density at radius 3 is 2.41 bits per heavy atom. The summed E-state index contributed by atoms with van der Waals surface area (Å²) in [6, 6.07) is 16.5. The molecule has 1 heterocycles. The van der Waals surface area contributed by atoms with Crippen molar-refractivity contribution in [2.75, 3.05) is 0 Å². The number of nitrogens with zero attached hydrogens (tertiary/aromatic N) is 1. The highest BCUT2D eigenvalue weighted by molar-refractivity contribution is 6.06. The van der Waals surface area contributed by atoms with Gasteiger partial charge in [0.2, 0.25) is 5.91 Å². The minimum absolute atomic E-state index is 0.105. The van der Waals surface area contributed by atoms with Crippen molar-refractivity contribution in [2.24, 2.45) is 0 Å². The third kappa shape index (κ3) is 4.61. The van der Waals surface area contributed by atoms with E-state index in [4.69, 9.17) is 4.74 Å². The summed E-state index contributed by atoms with van der Waals surface area (Å²) < 4.78 is 5.32. The molecule has 0 unspecified atom stereocenters. The lowest BCUT2D eigenvalue weighted by molar-refractivity contribution is -0.141. The molecule has 5 nitrogen and oxygen atoms in total. The first kappa shape index (κ1) is 18.8. The van der Waals surface area contributed by atoms with Gasteiger partial charge in [-0.25, -0.2) is 4.79 Å². The van der Waals surface area contributed by atoms with Crippen LogP contribution in [-0.4, -0.2) is 28.8 Å². The summed E-state index contributed by atoms with van der Waals surface area (Å²) in [5, 5.41) is 0. The van der Waals surface area contributed by atoms with Crippen LogP contribution in [0.2, 0.25) is 0 Å². The first-order valence-corrected chi connectivity index (χ1v) is 9.26. The Hall–Kier alpha value is -2.95. The quantitative estimate of drug-likeness (QED) is 0.556. The van der Waals surface area contributed by atoms with Crippen molar-refractivity contribution in [3.8, 4) is 0 Å². The maximum absolute atomic E-state index is 12.5. The summed E-state index contributed by atoms with van der Waals surface area (Å²) in [4.78, 5) is 38.2. The van der Waals surface area contributed by atoms with E-state index in [1.807, 2.05) is 42.5 Å². The van der Waals surface area contributed by atoms with Crippen molar-refractivity contribution in [3.63, 3.8) is 0 Å². The van der Waals surface area contributed by atoms with Gasteiger partial charge in [0.25, 0.3) is 5.91 Å². The van der Waals surface area contributed by atoms with E-state index in [0.29, 0.717) is 5.56 Å². The Morgan fingerprint density at radius 1 is 1.04 bits per heavy atom. The molecule has 0 saturated carbocycles. The fourth-order valence-corrected chi connectivity index (χ4v) is 3.06. The van der Waals surface area contributed by atoms with Gasteiger partial charge in [0.05, 0.1) is 18.5 Å². The fraction of sp³-hybridized carbons (Fsp3) is 0.318. The number of carbonyl (C=O) groups excluding carboxylic acids is 3. The van der Waals surface area contributed by atoms with Gasteiger partial charge in [-0.2, -0.15) is 0 Å². The summed E-state index contributed by atoms with van der Waals surface area (Å²) in [5.41, 5.74) is 2.40. The number of ether oxygens (including phenoxy) is 1. The molecule has 1 fully saturated rings. The van der Waals surface area contributed by atoms with Crippen LogP contribution in [0.3, 0.4) is 0 Å². The molecule has 1 aliphatic rings. The van der Waals surface area contributed by atoms with Crippen molar-refractivity contribution in [1.82, 2.24) is 4.90 Å². The number of rotatable bonds is 7. The van der Waals surface area contributed by atoms with Crippen molar-refractivity contribution in [2.45, 2.75) is 45.3 Å². The number of esters is 1. The van der Waals surface area contributed by atoms with Gasteiger partial charge in [-0.1, -0.05) is 55.8 Å². The van der Waals surface area contributed by atoms with Crippen molar-refractivity contribution in [3.05, 3.63) is 71.3 Å². The number of amides is 2. The van der Waals surface area contributed by atoms with E-state index >= 15 is 0 Å². The second kappa shape index (κ2) is 8.62. The van der Waals surface area contributed by atoms with E-state index < -0.39 is 18.0 Å². The second-order valence-corrected chi connectivity index (χ2v) is 6.70. The normalized spacial score (nSPS) is 16.6. The topological polar surface area (TPSA) is 63.7 Å². The van der Waals surface area contributed by atoms with Crippen molar-refractivity contribution in [1.29, 1.82) is 0 Å². The maximum Gasteiger partial charge on any atom is 0.338 e. The lowest BCUT2D eigenvalue weighted by Gasteiger charge is -2.15. The average molecular weight is 365 g/mol. The van der Waals surface area contributed by atoms with Crippen LogP contribution >= 0.6 is 0 Å². The first-order valence-electron chi connectivity index (χ1n) is 9.26. The Kier molecular flexibility index (Phi) is 6.01. The summed E-state index contributed by atoms with van der Waals surface area (Å²) >= 11 is 0. The van der Waals surface area contributed by atoms with E-state index in [-0.39, 0.29) is 18.9 Å². The maximum atomic E-state index is 12.5. The Labute approximate surface area is 158 Å². The van der Waals surface area contributed by atoms with Gasteiger partial charge >= 0.3 is 5.97 Å². The Morgan fingerprint density at radius 2 is 1.74 bits per heavy atom. The van der Waals surface area contributed by atoms with E-state index in [1.165, 1.54) is 0 Å². The predicted octanol–water partition coefficient (Wildman–Crippen LogP) is 3.51. The molecule has 2 aromatic carbocycles. The van der Waals surface area contributed by atoms with Gasteiger partial charge in [-0.05, 0) is 36.1 Å². The zero-order valence-electron chi connectivity index (χ0n) is 15.4. The molecule has 2 aromatic rings. The van der Waals surface area contributed by atoms with Crippen molar-refractivity contribution >= 4 is 17.8 Å². The van der Waals surface area contributed by atoms with Gasteiger partial charge in [0.15, 0.2) is 6.10 Å². The Balaban J connectivity index is 1.61. The Bertz CT molecular complexity index is 814. The molecule has 140 valence electrons. The van der Waals surface area contributed by atoms with Crippen LogP contribution in [0.15, 0.2) is 54.6 Å². The van der Waals surface area contributed by atoms with Gasteiger partial charge in [0.1, 0.15) is 0 Å². The molecule has 1 atom stereocenters. The predicted molar refractivity (Wildman–Crippen MR) is 101 cm³/mol. The van der Waals surface area contributed by atoms with Crippen LogP contribution in [0.25, 0.3) is 0 Å². The van der Waals surface area contributed by atoms with Gasteiger partial charge in [-0.15, -0.1) is 0 Å². The minimum Gasteiger partial charge on any atom is -0.448 e. The smallest absolute Gasteiger partial charge is 0.338 e. The molecule has 0 spiro atoms. The highest BCUT2D eigenvalue weighted by atomic mass is 16.5. The number of carbonyl (C=O) groups is 3. The largest absolute Gasteiger partial charge is 0.448 e. The molecular formula is C22H23NO4. The van der Waals surface area contributed by atoms with E-state index in [2.05, 4.69) is 6.92 Å². The summed E-state index contributed by atoms with van der Waals surface area (Å²) in [5.74, 6) is -1.36. The van der Waals surface area contributed by atoms with E-state index in [0.717, 1.165) is 35.3 Å². The first-order chi connectivity index (χ1) is 13.1. The molecule has 0 radical (unpaired) electrons. The summed E-state index contributed by atoms with van der Waals surface area (Å²) in [6.07, 6.45) is 2.02. The zero-order valence-corrected chi connectivity index (χ0v) is 15.4. The standard InChI is InChI=1S/C22H23NO4/c1-2-3-7-16-10-12-18(13-11-16)22(26)27-19-14-20(24)23(21(19)25)15-17-8-5-4-6-9-17/h4-6,8-13,19H,2-3,7,14-15H2,1H3/t19-/m1/s1. The van der Waals surface area contributed by atoms with Crippen LogP contribution in [0, 0.1) is 0 Å². The van der Waals surface area contributed by atoms with Crippen LogP contribution < -0.4 is 0 Å². The summed E-state index contributed by atoms with van der Waals surface area (Å²) in [6.45, 7) is 2.32. The molecule has 0 bridgehead atoms. The van der Waals surface area contributed by atoms with Gasteiger partial charge in [-0.3, -0.25) is 14.5 Å². The van der Waals surface area contributed by atoms with E-state index in [9.17, 15) is 14.4 Å². The average Bonchev–Trinajstić information content (AvgIpc) is 2.95. The van der Waals surface area contributed by atoms with Crippen LogP contribution in [0.1, 0.15) is 47.7 Å². The molecule has 3 rings (SSSR count). The van der Waals surface area contributed by atoms with Crippen LogP contribution in [0.5, 0.6) is 0 Å². The third-order valence-electron chi connectivity index (χ3n) is 4.64. The second-order valence-electron chi connectivity index (χ2n) is 6.70. The lowest BCUT2D eigenvalue weighted by atomic mass is 10.1. The number of hydrogen-bond acceptors (Lipinski definition) is 4. The molecule has 1 saturated heterocycles. The number of imide groups is 1. The monoisotopic (exact) mass is 365 g/mol. The third-order valence-corrected chi connectivity index (χ3v) is 4.64.